The SMILES string of the molecule is CCCCC(CC)CN(C(C)C(=O)[O-])C(C)C(=O)[O-].[K+].[K+]. The van der Waals surface area contributed by atoms with Crippen molar-refractivity contribution in [3.8, 4) is 0 Å². The molecule has 5 nitrogen and oxygen atoms in total. The summed E-state index contributed by atoms with van der Waals surface area (Å²) < 4.78 is 0. The molecule has 0 amide bonds. The average Bonchev–Trinajstić information content (AvgIpc) is 2.37. The first kappa shape index (κ1) is 28.0. The van der Waals surface area contributed by atoms with Crippen LogP contribution in [0.1, 0.15) is 53.4 Å². The molecule has 0 saturated heterocycles. The molecular formula is C14H25K2NO4. The van der Waals surface area contributed by atoms with Gasteiger partial charge in [-0.2, -0.15) is 0 Å². The molecule has 0 saturated carbocycles. The summed E-state index contributed by atoms with van der Waals surface area (Å²) in [5.74, 6) is -2.21. The van der Waals surface area contributed by atoms with E-state index < -0.39 is 24.0 Å². The third-order valence-corrected chi connectivity index (χ3v) is 3.69. The van der Waals surface area contributed by atoms with Crippen molar-refractivity contribution in [2.24, 2.45) is 5.92 Å². The van der Waals surface area contributed by atoms with E-state index >= 15 is 0 Å². The number of hydrogen-bond donors (Lipinski definition) is 0. The average molecular weight is 350 g/mol. The van der Waals surface area contributed by atoms with Gasteiger partial charge in [0.2, 0.25) is 0 Å². The normalized spacial score (nSPS) is 14.5. The Hall–Kier alpha value is 2.17. The Morgan fingerprint density at radius 1 is 1.00 bits per heavy atom. The maximum Gasteiger partial charge on any atom is 1.00 e. The zero-order chi connectivity index (χ0) is 15.0. The molecule has 0 radical (unpaired) electrons. The van der Waals surface area contributed by atoms with E-state index in [1.54, 1.807) is 0 Å². The first-order chi connectivity index (χ1) is 8.84. The van der Waals surface area contributed by atoms with E-state index in [-0.39, 0.29) is 103 Å². The van der Waals surface area contributed by atoms with Crippen molar-refractivity contribution in [2.75, 3.05) is 6.54 Å². The molecule has 7 heteroatoms. The number of carboxylic acids is 2. The van der Waals surface area contributed by atoms with Crippen LogP contribution in [-0.4, -0.2) is 35.5 Å². The van der Waals surface area contributed by atoms with E-state index in [4.69, 9.17) is 0 Å². The Kier molecular flexibility index (Phi) is 20.9. The molecule has 0 spiro atoms. The number of carbonyl (C=O) groups excluding carboxylic acids is 2. The molecule has 0 rings (SSSR count). The first-order valence-corrected chi connectivity index (χ1v) is 7.02. The van der Waals surface area contributed by atoms with Gasteiger partial charge in [-0.05, 0) is 26.2 Å². The van der Waals surface area contributed by atoms with Crippen LogP contribution in [-0.2, 0) is 9.59 Å². The van der Waals surface area contributed by atoms with E-state index in [9.17, 15) is 19.8 Å². The summed E-state index contributed by atoms with van der Waals surface area (Å²) in [6, 6.07) is -1.85. The molecule has 0 aliphatic heterocycles. The summed E-state index contributed by atoms with van der Waals surface area (Å²) in [6.45, 7) is 7.49. The van der Waals surface area contributed by atoms with Crippen molar-refractivity contribution >= 4 is 11.9 Å². The van der Waals surface area contributed by atoms with Crippen molar-refractivity contribution in [1.29, 1.82) is 0 Å². The summed E-state index contributed by atoms with van der Waals surface area (Å²) in [4.78, 5) is 23.4. The molecular weight excluding hydrogens is 324 g/mol. The number of hydrogen-bond acceptors (Lipinski definition) is 5. The van der Waals surface area contributed by atoms with Gasteiger partial charge in [-0.1, -0.05) is 33.1 Å². The second-order valence-electron chi connectivity index (χ2n) is 5.10. The second-order valence-corrected chi connectivity index (χ2v) is 5.10. The minimum Gasteiger partial charge on any atom is -0.548 e. The van der Waals surface area contributed by atoms with Crippen LogP contribution in [0, 0.1) is 5.92 Å². The molecule has 0 bridgehead atoms. The van der Waals surface area contributed by atoms with Gasteiger partial charge in [-0.25, -0.2) is 0 Å². The fraction of sp³-hybridized carbons (Fsp3) is 0.857. The minimum absolute atomic E-state index is 0. The van der Waals surface area contributed by atoms with Crippen LogP contribution in [0.4, 0.5) is 0 Å². The third kappa shape index (κ3) is 11.4. The van der Waals surface area contributed by atoms with Crippen molar-refractivity contribution in [3.05, 3.63) is 0 Å². The Balaban J connectivity index is -0.00000162. The van der Waals surface area contributed by atoms with Crippen LogP contribution >= 0.6 is 0 Å². The summed E-state index contributed by atoms with van der Waals surface area (Å²) in [7, 11) is 0. The van der Waals surface area contributed by atoms with Gasteiger partial charge in [0.1, 0.15) is 0 Å². The van der Waals surface area contributed by atoms with Crippen molar-refractivity contribution in [2.45, 2.75) is 65.5 Å². The Morgan fingerprint density at radius 3 is 1.71 bits per heavy atom. The molecule has 0 heterocycles. The molecule has 0 aromatic rings. The topological polar surface area (TPSA) is 83.5 Å². The predicted molar refractivity (Wildman–Crippen MR) is 69.0 cm³/mol. The van der Waals surface area contributed by atoms with Crippen LogP contribution in [0.5, 0.6) is 0 Å². The number of nitrogens with zero attached hydrogens (tertiary/aromatic N) is 1. The molecule has 3 atom stereocenters. The van der Waals surface area contributed by atoms with Crippen LogP contribution in [0.2, 0.25) is 0 Å². The number of aliphatic carboxylic acids is 2. The number of rotatable bonds is 10. The van der Waals surface area contributed by atoms with Crippen molar-refractivity contribution in [3.63, 3.8) is 0 Å². The minimum atomic E-state index is -1.25. The number of carbonyl (C=O) groups is 2. The number of carboxylic acid groups (broad SMARTS) is 2. The van der Waals surface area contributed by atoms with Crippen LogP contribution in [0.3, 0.4) is 0 Å². The zero-order valence-corrected chi connectivity index (χ0v) is 20.6. The monoisotopic (exact) mass is 349 g/mol. The molecule has 3 unspecified atom stereocenters. The van der Waals surface area contributed by atoms with Crippen molar-refractivity contribution in [1.82, 2.24) is 4.90 Å². The van der Waals surface area contributed by atoms with Crippen LogP contribution in [0.25, 0.3) is 0 Å². The summed E-state index contributed by atoms with van der Waals surface area (Å²) in [6.07, 6.45) is 4.01. The Morgan fingerprint density at radius 2 is 1.43 bits per heavy atom. The Labute approximate surface area is 213 Å². The van der Waals surface area contributed by atoms with Gasteiger partial charge >= 0.3 is 103 Å². The van der Waals surface area contributed by atoms with Gasteiger partial charge in [-0.3, -0.25) is 4.90 Å². The third-order valence-electron chi connectivity index (χ3n) is 3.69. The van der Waals surface area contributed by atoms with Crippen LogP contribution in [0.15, 0.2) is 0 Å². The van der Waals surface area contributed by atoms with E-state index in [2.05, 4.69) is 6.92 Å². The standard InChI is InChI=1S/C14H27NO4.2K/c1-5-7-8-12(6-2)9-15(10(3)13(16)17)11(4)14(18)19;;/h10-12H,5-9H2,1-4H3,(H,16,17)(H,18,19);;/q;2*+1/p-2. The molecule has 0 N–H and O–H groups in total. The van der Waals surface area contributed by atoms with E-state index in [1.807, 2.05) is 6.92 Å². The van der Waals surface area contributed by atoms with E-state index in [0.29, 0.717) is 12.5 Å². The zero-order valence-electron chi connectivity index (χ0n) is 14.3. The molecule has 112 valence electrons. The molecule has 0 aliphatic rings. The maximum atomic E-state index is 11.0. The van der Waals surface area contributed by atoms with Gasteiger partial charge in [-0.15, -0.1) is 0 Å². The molecule has 0 aliphatic carbocycles. The number of unbranched alkanes of at least 4 members (excludes halogenated alkanes) is 1. The predicted octanol–water partition coefficient (Wildman–Crippen LogP) is -6.21. The smallest absolute Gasteiger partial charge is 0.548 e. The summed E-state index contributed by atoms with van der Waals surface area (Å²) >= 11 is 0. The molecule has 21 heavy (non-hydrogen) atoms. The fourth-order valence-electron chi connectivity index (χ4n) is 2.14. The summed E-state index contributed by atoms with van der Waals surface area (Å²) in [5, 5.41) is 22.0. The molecule has 0 aromatic heterocycles. The van der Waals surface area contributed by atoms with Gasteiger partial charge in [0.25, 0.3) is 0 Å². The Bertz CT molecular complexity index is 283. The first-order valence-electron chi connectivity index (χ1n) is 7.02. The van der Waals surface area contributed by atoms with Crippen LogP contribution < -0.4 is 113 Å². The quantitative estimate of drug-likeness (QED) is 0.367. The van der Waals surface area contributed by atoms with Gasteiger partial charge in [0.05, 0.1) is 11.9 Å². The van der Waals surface area contributed by atoms with Gasteiger partial charge < -0.3 is 19.8 Å². The van der Waals surface area contributed by atoms with E-state index in [0.717, 1.165) is 25.7 Å². The second kappa shape index (κ2) is 15.7. The summed E-state index contributed by atoms with van der Waals surface area (Å²) in [5.41, 5.74) is 0. The molecule has 0 aromatic carbocycles. The maximum absolute atomic E-state index is 11.0. The molecule has 0 fully saturated rings. The largest absolute Gasteiger partial charge is 1.00 e. The van der Waals surface area contributed by atoms with Gasteiger partial charge in [0.15, 0.2) is 0 Å². The van der Waals surface area contributed by atoms with Crippen molar-refractivity contribution < 1.29 is 123 Å². The fourth-order valence-corrected chi connectivity index (χ4v) is 2.14. The van der Waals surface area contributed by atoms with E-state index in [1.165, 1.54) is 18.7 Å². The van der Waals surface area contributed by atoms with Gasteiger partial charge in [0, 0.05) is 18.6 Å².